The average Bonchev–Trinajstić information content (AvgIpc) is 3.22. The number of nitrogens with zero attached hydrogens (tertiary/aromatic N) is 3. The Morgan fingerprint density at radius 1 is 0.921 bits per heavy atom. The Labute approximate surface area is 223 Å². The van der Waals surface area contributed by atoms with Crippen molar-refractivity contribution >= 4 is 28.8 Å². The molecule has 2 aliphatic heterocycles. The van der Waals surface area contributed by atoms with Gasteiger partial charge in [-0.1, -0.05) is 13.8 Å². The SMILES string of the molecule is CC(C)COc1ccc(/C(O)=C2\C(=O)C(=O)N(c3ccc(N4CCCCC4)cc3)C2c2ccncc2)cc1. The number of anilines is 2. The molecule has 3 aromatic rings. The van der Waals surface area contributed by atoms with Gasteiger partial charge in [0.1, 0.15) is 11.5 Å². The largest absolute Gasteiger partial charge is 0.507 e. The second-order valence-corrected chi connectivity index (χ2v) is 10.2. The van der Waals surface area contributed by atoms with Gasteiger partial charge in [-0.25, -0.2) is 0 Å². The lowest BCUT2D eigenvalue weighted by Crippen LogP contribution is -2.30. The number of hydrogen-bond donors (Lipinski definition) is 1. The van der Waals surface area contributed by atoms with Crippen LogP contribution >= 0.6 is 0 Å². The second kappa shape index (κ2) is 11.1. The molecule has 7 nitrogen and oxygen atoms in total. The van der Waals surface area contributed by atoms with Crippen LogP contribution in [0.25, 0.3) is 5.76 Å². The quantitative estimate of drug-likeness (QED) is 0.248. The zero-order valence-corrected chi connectivity index (χ0v) is 21.8. The molecule has 196 valence electrons. The van der Waals surface area contributed by atoms with Crippen molar-refractivity contribution in [3.8, 4) is 5.75 Å². The number of aromatic nitrogens is 1. The molecule has 2 aliphatic rings. The highest BCUT2D eigenvalue weighted by molar-refractivity contribution is 6.51. The first kappa shape index (κ1) is 25.5. The van der Waals surface area contributed by atoms with Gasteiger partial charge in [-0.3, -0.25) is 19.5 Å². The highest BCUT2D eigenvalue weighted by Crippen LogP contribution is 2.42. The van der Waals surface area contributed by atoms with Gasteiger partial charge in [-0.2, -0.15) is 0 Å². The number of pyridine rings is 1. The van der Waals surface area contributed by atoms with Crippen LogP contribution in [-0.4, -0.2) is 41.5 Å². The fourth-order valence-corrected chi connectivity index (χ4v) is 5.06. The Morgan fingerprint density at radius 2 is 1.55 bits per heavy atom. The van der Waals surface area contributed by atoms with E-state index in [2.05, 4.69) is 23.7 Å². The minimum atomic E-state index is -0.782. The van der Waals surface area contributed by atoms with Crippen molar-refractivity contribution in [2.24, 2.45) is 5.92 Å². The Kier molecular flexibility index (Phi) is 7.45. The summed E-state index contributed by atoms with van der Waals surface area (Å²) < 4.78 is 5.75. The van der Waals surface area contributed by atoms with Gasteiger partial charge >= 0.3 is 0 Å². The Morgan fingerprint density at radius 3 is 2.18 bits per heavy atom. The normalized spacial score (nSPS) is 19.3. The molecule has 1 amide bonds. The lowest BCUT2D eigenvalue weighted by molar-refractivity contribution is -0.132. The maximum Gasteiger partial charge on any atom is 0.300 e. The Balaban J connectivity index is 1.52. The van der Waals surface area contributed by atoms with Crippen molar-refractivity contribution in [3.63, 3.8) is 0 Å². The Hall–Kier alpha value is -4.13. The van der Waals surface area contributed by atoms with Gasteiger partial charge in [-0.15, -0.1) is 0 Å². The zero-order valence-electron chi connectivity index (χ0n) is 21.8. The van der Waals surface area contributed by atoms with E-state index in [1.165, 1.54) is 24.2 Å². The molecule has 7 heteroatoms. The topological polar surface area (TPSA) is 83.0 Å². The van der Waals surface area contributed by atoms with Crippen molar-refractivity contribution < 1.29 is 19.4 Å². The number of carbonyl (C=O) groups excluding carboxylic acids is 2. The number of amides is 1. The van der Waals surface area contributed by atoms with E-state index in [-0.39, 0.29) is 11.3 Å². The highest BCUT2D eigenvalue weighted by Gasteiger charge is 2.47. The molecule has 0 spiro atoms. The fraction of sp³-hybridized carbons (Fsp3) is 0.323. The third-order valence-electron chi connectivity index (χ3n) is 7.03. The fourth-order valence-electron chi connectivity index (χ4n) is 5.06. The van der Waals surface area contributed by atoms with Crippen LogP contribution in [-0.2, 0) is 9.59 Å². The van der Waals surface area contributed by atoms with Gasteiger partial charge < -0.3 is 14.7 Å². The first-order valence-corrected chi connectivity index (χ1v) is 13.2. The van der Waals surface area contributed by atoms with E-state index in [1.807, 2.05) is 24.3 Å². The number of piperidine rings is 1. The maximum absolute atomic E-state index is 13.4. The number of Topliss-reactive ketones (excluding diaryl/α,β-unsaturated/α-hetero) is 1. The number of carbonyl (C=O) groups is 2. The van der Waals surface area contributed by atoms with Crippen molar-refractivity contribution in [3.05, 3.63) is 89.8 Å². The molecular formula is C31H33N3O4. The molecule has 1 atom stereocenters. The molecule has 2 fully saturated rings. The zero-order chi connectivity index (χ0) is 26.6. The van der Waals surface area contributed by atoms with E-state index in [4.69, 9.17) is 4.74 Å². The summed E-state index contributed by atoms with van der Waals surface area (Å²) in [4.78, 5) is 34.7. The van der Waals surface area contributed by atoms with Crippen LogP contribution in [0.1, 0.15) is 50.3 Å². The van der Waals surface area contributed by atoms with Gasteiger partial charge in [0, 0.05) is 42.4 Å². The van der Waals surface area contributed by atoms with Crippen LogP contribution in [0.5, 0.6) is 5.75 Å². The summed E-state index contributed by atoms with van der Waals surface area (Å²) in [6.45, 7) is 6.75. The molecule has 1 N–H and O–H groups in total. The molecule has 0 aliphatic carbocycles. The van der Waals surface area contributed by atoms with E-state index in [9.17, 15) is 14.7 Å². The monoisotopic (exact) mass is 511 g/mol. The molecule has 5 rings (SSSR count). The van der Waals surface area contributed by atoms with E-state index < -0.39 is 17.7 Å². The minimum Gasteiger partial charge on any atom is -0.507 e. The lowest BCUT2D eigenvalue weighted by Gasteiger charge is -2.30. The molecule has 0 bridgehead atoms. The number of benzene rings is 2. The van der Waals surface area contributed by atoms with Crippen LogP contribution in [0.2, 0.25) is 0 Å². The summed E-state index contributed by atoms with van der Waals surface area (Å²) in [6, 6.07) is 17.4. The number of aliphatic hydroxyl groups excluding tert-OH is 1. The van der Waals surface area contributed by atoms with Crippen LogP contribution in [0.3, 0.4) is 0 Å². The van der Waals surface area contributed by atoms with E-state index in [0.29, 0.717) is 35.1 Å². The molecule has 0 radical (unpaired) electrons. The number of aliphatic hydroxyl groups is 1. The predicted molar refractivity (Wildman–Crippen MR) is 148 cm³/mol. The van der Waals surface area contributed by atoms with E-state index in [0.717, 1.165) is 18.8 Å². The van der Waals surface area contributed by atoms with Crippen LogP contribution in [0, 0.1) is 5.92 Å². The number of hydrogen-bond acceptors (Lipinski definition) is 6. The summed E-state index contributed by atoms with van der Waals surface area (Å²) in [5.74, 6) is -0.544. The van der Waals surface area contributed by atoms with Crippen molar-refractivity contribution in [2.45, 2.75) is 39.2 Å². The number of ketones is 1. The molecule has 0 saturated carbocycles. The van der Waals surface area contributed by atoms with E-state index in [1.54, 1.807) is 48.8 Å². The van der Waals surface area contributed by atoms with Crippen LogP contribution in [0.15, 0.2) is 78.6 Å². The molecule has 2 saturated heterocycles. The molecule has 1 unspecified atom stereocenters. The van der Waals surface area contributed by atoms with Crippen molar-refractivity contribution in [1.29, 1.82) is 0 Å². The van der Waals surface area contributed by atoms with Crippen molar-refractivity contribution in [2.75, 3.05) is 29.5 Å². The first-order valence-electron chi connectivity index (χ1n) is 13.2. The summed E-state index contributed by atoms with van der Waals surface area (Å²) >= 11 is 0. The maximum atomic E-state index is 13.4. The summed E-state index contributed by atoms with van der Waals surface area (Å²) in [5, 5.41) is 11.3. The number of rotatable bonds is 7. The first-order chi connectivity index (χ1) is 18.4. The van der Waals surface area contributed by atoms with Crippen molar-refractivity contribution in [1.82, 2.24) is 4.98 Å². The molecular weight excluding hydrogens is 478 g/mol. The third-order valence-corrected chi connectivity index (χ3v) is 7.03. The van der Waals surface area contributed by atoms with Crippen LogP contribution in [0.4, 0.5) is 11.4 Å². The average molecular weight is 512 g/mol. The summed E-state index contributed by atoms with van der Waals surface area (Å²) in [5.41, 5.74) is 2.89. The van der Waals surface area contributed by atoms with Gasteiger partial charge in [0.2, 0.25) is 0 Å². The van der Waals surface area contributed by atoms with Gasteiger partial charge in [0.25, 0.3) is 11.7 Å². The molecule has 1 aromatic heterocycles. The number of ether oxygens (including phenoxy) is 1. The smallest absolute Gasteiger partial charge is 0.300 e. The van der Waals surface area contributed by atoms with E-state index >= 15 is 0 Å². The lowest BCUT2D eigenvalue weighted by atomic mass is 9.95. The Bertz CT molecular complexity index is 1310. The molecule has 38 heavy (non-hydrogen) atoms. The summed E-state index contributed by atoms with van der Waals surface area (Å²) in [6.07, 6.45) is 6.83. The van der Waals surface area contributed by atoms with Gasteiger partial charge in [0.15, 0.2) is 0 Å². The third kappa shape index (κ3) is 5.14. The molecule has 2 aromatic carbocycles. The molecule has 3 heterocycles. The second-order valence-electron chi connectivity index (χ2n) is 10.2. The highest BCUT2D eigenvalue weighted by atomic mass is 16.5. The standard InChI is InChI=1S/C31H33N3O4/c1-21(2)20-38-26-12-6-23(7-13-26)29(35)27-28(22-14-16-32-17-15-22)34(31(37)30(27)36)25-10-8-24(9-11-25)33-18-4-3-5-19-33/h6-17,21,28,35H,3-5,18-20H2,1-2H3/b29-27+. The van der Waals surface area contributed by atoms with Crippen LogP contribution < -0.4 is 14.5 Å². The predicted octanol–water partition coefficient (Wildman–Crippen LogP) is 5.73. The van der Waals surface area contributed by atoms with Gasteiger partial charge in [-0.05, 0) is 91.4 Å². The minimum absolute atomic E-state index is 0.0529. The van der Waals surface area contributed by atoms with Gasteiger partial charge in [0.05, 0.1) is 18.2 Å². The summed E-state index contributed by atoms with van der Waals surface area (Å²) in [7, 11) is 0.